The van der Waals surface area contributed by atoms with Crippen molar-refractivity contribution in [1.29, 1.82) is 0 Å². The Morgan fingerprint density at radius 3 is 2.61 bits per heavy atom. The van der Waals surface area contributed by atoms with Gasteiger partial charge in [0.1, 0.15) is 24.3 Å². The highest BCUT2D eigenvalue weighted by molar-refractivity contribution is 7.70. The van der Waals surface area contributed by atoms with Gasteiger partial charge in [-0.05, 0) is 56.7 Å². The molecule has 7 nitrogen and oxygen atoms in total. The van der Waals surface area contributed by atoms with Crippen molar-refractivity contribution in [1.82, 2.24) is 15.0 Å². The number of aromatic amines is 1. The fraction of sp³-hybridized carbons (Fsp3) is 0.350. The summed E-state index contributed by atoms with van der Waals surface area (Å²) in [6, 6.07) is 7.96. The van der Waals surface area contributed by atoms with Gasteiger partial charge in [0.2, 0.25) is 6.41 Å². The van der Waals surface area contributed by atoms with Crippen LogP contribution in [0.2, 0.25) is 0 Å². The number of fused-ring (bicyclic) bond motifs is 1. The lowest BCUT2D eigenvalue weighted by Crippen LogP contribution is -2.15. The molecule has 1 saturated carbocycles. The van der Waals surface area contributed by atoms with Crippen LogP contribution in [0, 0.1) is 6.92 Å². The summed E-state index contributed by atoms with van der Waals surface area (Å²) in [6.45, 7) is 5.43. The Morgan fingerprint density at radius 2 is 1.96 bits per heavy atom. The maximum Gasteiger partial charge on any atom is 0.212 e. The van der Waals surface area contributed by atoms with Crippen LogP contribution in [0.5, 0.6) is 0 Å². The number of nitrogens with zero attached hydrogens (tertiary/aromatic N) is 2. The van der Waals surface area contributed by atoms with Crippen LogP contribution in [0.1, 0.15) is 36.6 Å². The molecule has 1 amide bonds. The van der Waals surface area contributed by atoms with E-state index in [4.69, 9.17) is 0 Å². The summed E-state index contributed by atoms with van der Waals surface area (Å²) in [5.74, 6) is 1.71. The first-order valence-corrected chi connectivity index (χ1v) is 12.0. The Kier molecular flexibility index (Phi) is 4.71. The molecule has 3 N–H and O–H groups in total. The SMILES string of the molecule is Cc1nc2nc(NC=O)cc(Nc3ccc(C4CCC4)cc3P(C)(C)=O)c2[nH]1. The number of benzene rings is 1. The molecule has 0 saturated heterocycles. The van der Waals surface area contributed by atoms with Gasteiger partial charge in [0.05, 0.1) is 5.69 Å². The molecule has 3 aromatic rings. The van der Waals surface area contributed by atoms with Gasteiger partial charge in [-0.1, -0.05) is 12.5 Å². The number of aromatic nitrogens is 3. The van der Waals surface area contributed by atoms with E-state index in [0.29, 0.717) is 23.8 Å². The second kappa shape index (κ2) is 7.06. The molecule has 1 aliphatic carbocycles. The number of carbonyl (C=O) groups excluding carboxylic acids is 1. The quantitative estimate of drug-likeness (QED) is 0.430. The maximum absolute atomic E-state index is 13.0. The molecule has 146 valence electrons. The lowest BCUT2D eigenvalue weighted by Gasteiger charge is -2.27. The summed E-state index contributed by atoms with van der Waals surface area (Å²) in [6.07, 6.45) is 4.24. The Balaban J connectivity index is 1.80. The molecule has 0 radical (unpaired) electrons. The molecule has 1 aromatic carbocycles. The predicted molar refractivity (Wildman–Crippen MR) is 114 cm³/mol. The monoisotopic (exact) mass is 397 g/mol. The lowest BCUT2D eigenvalue weighted by atomic mass is 9.80. The van der Waals surface area contributed by atoms with Crippen LogP contribution in [-0.2, 0) is 9.36 Å². The van der Waals surface area contributed by atoms with Crippen LogP contribution in [-0.4, -0.2) is 34.7 Å². The van der Waals surface area contributed by atoms with Gasteiger partial charge in [0, 0.05) is 17.1 Å². The molecule has 2 heterocycles. The minimum Gasteiger partial charge on any atom is -0.353 e. The number of aryl methyl sites for hydroxylation is 1. The van der Waals surface area contributed by atoms with Gasteiger partial charge in [-0.25, -0.2) is 9.97 Å². The highest BCUT2D eigenvalue weighted by Crippen LogP contribution is 2.42. The van der Waals surface area contributed by atoms with Gasteiger partial charge < -0.3 is 20.2 Å². The Hall–Kier alpha value is -2.66. The highest BCUT2D eigenvalue weighted by atomic mass is 31.2. The Bertz CT molecular complexity index is 1100. The topological polar surface area (TPSA) is 99.8 Å². The number of pyridine rings is 1. The van der Waals surface area contributed by atoms with E-state index >= 15 is 0 Å². The number of carbonyl (C=O) groups is 1. The standard InChI is InChI=1S/C20H24N5O2P/c1-12-22-19-16(10-18(21-11-26)25-20(19)23-12)24-15-8-7-14(13-5-4-6-13)9-17(15)28(2,3)27/h7-11,13H,4-6H2,1-3H3,(H3,21,22,23,24,25,26). The summed E-state index contributed by atoms with van der Waals surface area (Å²) in [4.78, 5) is 22.8. The summed E-state index contributed by atoms with van der Waals surface area (Å²) in [5, 5.41) is 6.81. The van der Waals surface area contributed by atoms with Crippen molar-refractivity contribution in [3.8, 4) is 0 Å². The molecule has 0 aliphatic heterocycles. The number of H-pyrrole nitrogens is 1. The summed E-state index contributed by atoms with van der Waals surface area (Å²) in [5.41, 5.74) is 4.03. The van der Waals surface area contributed by atoms with Gasteiger partial charge in [-0.2, -0.15) is 0 Å². The first-order valence-electron chi connectivity index (χ1n) is 9.39. The number of amides is 1. The van der Waals surface area contributed by atoms with E-state index in [1.165, 1.54) is 24.8 Å². The van der Waals surface area contributed by atoms with E-state index in [1.54, 1.807) is 19.4 Å². The zero-order valence-electron chi connectivity index (χ0n) is 16.2. The fourth-order valence-corrected chi connectivity index (χ4v) is 4.75. The predicted octanol–water partition coefficient (Wildman–Crippen LogP) is 4.09. The third-order valence-corrected chi connectivity index (χ3v) is 6.76. The first-order chi connectivity index (χ1) is 13.3. The second-order valence-corrected chi connectivity index (χ2v) is 10.9. The molecular weight excluding hydrogens is 373 g/mol. The van der Waals surface area contributed by atoms with Crippen molar-refractivity contribution in [2.24, 2.45) is 0 Å². The Morgan fingerprint density at radius 1 is 1.18 bits per heavy atom. The summed E-state index contributed by atoms with van der Waals surface area (Å²) >= 11 is 0. The molecule has 4 rings (SSSR count). The van der Waals surface area contributed by atoms with E-state index in [0.717, 1.165) is 28.0 Å². The minimum atomic E-state index is -2.50. The third-order valence-electron chi connectivity index (χ3n) is 5.23. The third kappa shape index (κ3) is 3.54. The molecule has 28 heavy (non-hydrogen) atoms. The summed E-state index contributed by atoms with van der Waals surface area (Å²) < 4.78 is 13.0. The van der Waals surface area contributed by atoms with Crippen LogP contribution in [0.15, 0.2) is 24.3 Å². The molecule has 1 aliphatic rings. The van der Waals surface area contributed by atoms with E-state index in [2.05, 4.69) is 37.7 Å². The number of imidazole rings is 1. The molecule has 0 atom stereocenters. The van der Waals surface area contributed by atoms with Crippen molar-refractivity contribution in [2.75, 3.05) is 24.0 Å². The molecular formula is C20H24N5O2P. The van der Waals surface area contributed by atoms with Gasteiger partial charge in [-0.3, -0.25) is 4.79 Å². The van der Waals surface area contributed by atoms with Gasteiger partial charge in [0.25, 0.3) is 0 Å². The molecule has 2 aromatic heterocycles. The number of rotatable bonds is 6. The van der Waals surface area contributed by atoms with Gasteiger partial charge in [-0.15, -0.1) is 0 Å². The van der Waals surface area contributed by atoms with Crippen LogP contribution in [0.4, 0.5) is 17.2 Å². The first kappa shape index (κ1) is 18.7. The van der Waals surface area contributed by atoms with E-state index in [1.807, 2.05) is 13.0 Å². The number of hydrogen-bond acceptors (Lipinski definition) is 5. The van der Waals surface area contributed by atoms with E-state index < -0.39 is 7.14 Å². The fourth-order valence-electron chi connectivity index (χ4n) is 3.58. The number of anilines is 3. The van der Waals surface area contributed by atoms with Gasteiger partial charge in [0.15, 0.2) is 5.65 Å². The number of nitrogens with one attached hydrogen (secondary N) is 3. The van der Waals surface area contributed by atoms with Crippen LogP contribution >= 0.6 is 7.14 Å². The highest BCUT2D eigenvalue weighted by Gasteiger charge is 2.24. The molecule has 0 bridgehead atoms. The molecule has 0 unspecified atom stereocenters. The second-order valence-electron chi connectivity index (χ2n) is 7.72. The largest absolute Gasteiger partial charge is 0.353 e. The number of hydrogen-bond donors (Lipinski definition) is 3. The van der Waals surface area contributed by atoms with Crippen molar-refractivity contribution >= 4 is 47.2 Å². The lowest BCUT2D eigenvalue weighted by molar-refractivity contribution is -0.105. The minimum absolute atomic E-state index is 0.403. The van der Waals surface area contributed by atoms with Crippen LogP contribution in [0.3, 0.4) is 0 Å². The smallest absolute Gasteiger partial charge is 0.212 e. The van der Waals surface area contributed by atoms with Crippen LogP contribution < -0.4 is 15.9 Å². The van der Waals surface area contributed by atoms with Crippen molar-refractivity contribution in [3.05, 3.63) is 35.7 Å². The van der Waals surface area contributed by atoms with Gasteiger partial charge >= 0.3 is 0 Å². The van der Waals surface area contributed by atoms with Crippen molar-refractivity contribution in [3.63, 3.8) is 0 Å². The Labute approximate surface area is 163 Å². The molecule has 1 fully saturated rings. The zero-order chi connectivity index (χ0) is 19.9. The molecule has 0 spiro atoms. The van der Waals surface area contributed by atoms with Crippen molar-refractivity contribution < 1.29 is 9.36 Å². The van der Waals surface area contributed by atoms with E-state index in [-0.39, 0.29) is 0 Å². The average Bonchev–Trinajstić information content (AvgIpc) is 2.94. The molecule has 8 heteroatoms. The summed E-state index contributed by atoms with van der Waals surface area (Å²) in [7, 11) is -2.50. The maximum atomic E-state index is 13.0. The van der Waals surface area contributed by atoms with E-state index in [9.17, 15) is 9.36 Å². The average molecular weight is 397 g/mol. The van der Waals surface area contributed by atoms with Crippen LogP contribution in [0.25, 0.3) is 11.2 Å². The van der Waals surface area contributed by atoms with Crippen molar-refractivity contribution in [2.45, 2.75) is 32.1 Å². The normalized spacial score (nSPS) is 14.7. The zero-order valence-corrected chi connectivity index (χ0v) is 17.1.